The molecule has 1 aromatic carbocycles. The number of nitrogens with one attached hydrogen (secondary N) is 1. The Bertz CT molecular complexity index is 892. The molecule has 37 heavy (non-hydrogen) atoms. The predicted molar refractivity (Wildman–Crippen MR) is 157 cm³/mol. The lowest BCUT2D eigenvalue weighted by Crippen LogP contribution is -2.40. The normalized spacial score (nSPS) is 14.1. The molecule has 3 rings (SSSR count). The SMILES string of the molecule is CCCN(CCCCCCNCCOc1ncccc1OC)[C@H]1CCc2c(ccc(O)c2O)C1.Cl.Cl.Cl. The second-order valence-electron chi connectivity index (χ2n) is 9.03. The molecule has 0 bridgehead atoms. The largest absolute Gasteiger partial charge is 0.504 e. The summed E-state index contributed by atoms with van der Waals surface area (Å²) in [5, 5.41) is 23.4. The van der Waals surface area contributed by atoms with E-state index in [1.165, 1.54) is 31.2 Å². The van der Waals surface area contributed by atoms with Gasteiger partial charge in [0.15, 0.2) is 17.2 Å². The Kier molecular flexibility index (Phi) is 18.6. The molecule has 0 saturated carbocycles. The zero-order valence-electron chi connectivity index (χ0n) is 22.0. The van der Waals surface area contributed by atoms with Crippen molar-refractivity contribution in [1.82, 2.24) is 15.2 Å². The molecule has 1 aliphatic rings. The maximum atomic E-state index is 10.2. The van der Waals surface area contributed by atoms with Crippen molar-refractivity contribution < 1.29 is 19.7 Å². The van der Waals surface area contributed by atoms with Crippen LogP contribution >= 0.6 is 37.2 Å². The van der Waals surface area contributed by atoms with Crippen LogP contribution < -0.4 is 14.8 Å². The smallest absolute Gasteiger partial charge is 0.257 e. The van der Waals surface area contributed by atoms with Crippen LogP contribution in [0, 0.1) is 0 Å². The van der Waals surface area contributed by atoms with Gasteiger partial charge in [0.1, 0.15) is 6.61 Å². The summed E-state index contributed by atoms with van der Waals surface area (Å²) in [4.78, 5) is 6.83. The van der Waals surface area contributed by atoms with Gasteiger partial charge in [-0.3, -0.25) is 0 Å². The molecular formula is C27H44Cl3N3O4. The summed E-state index contributed by atoms with van der Waals surface area (Å²) < 4.78 is 10.9. The van der Waals surface area contributed by atoms with Crippen molar-refractivity contribution in [2.45, 2.75) is 64.3 Å². The topological polar surface area (TPSA) is 87.1 Å². The third kappa shape index (κ3) is 10.9. The van der Waals surface area contributed by atoms with Gasteiger partial charge in [-0.05, 0) is 81.9 Å². The minimum atomic E-state index is -0.00179. The van der Waals surface area contributed by atoms with Crippen LogP contribution in [0.2, 0.25) is 0 Å². The maximum absolute atomic E-state index is 10.2. The fourth-order valence-corrected chi connectivity index (χ4v) is 4.78. The van der Waals surface area contributed by atoms with E-state index >= 15 is 0 Å². The van der Waals surface area contributed by atoms with Gasteiger partial charge in [-0.2, -0.15) is 0 Å². The number of aromatic nitrogens is 1. The summed E-state index contributed by atoms with van der Waals surface area (Å²) in [6.45, 7) is 6.85. The van der Waals surface area contributed by atoms with E-state index in [9.17, 15) is 10.2 Å². The molecule has 0 amide bonds. The van der Waals surface area contributed by atoms with Gasteiger partial charge >= 0.3 is 0 Å². The van der Waals surface area contributed by atoms with Crippen LogP contribution in [-0.2, 0) is 12.8 Å². The zero-order chi connectivity index (χ0) is 24.2. The molecule has 0 unspecified atom stereocenters. The molecule has 0 spiro atoms. The maximum Gasteiger partial charge on any atom is 0.257 e. The minimum Gasteiger partial charge on any atom is -0.504 e. The van der Waals surface area contributed by atoms with Gasteiger partial charge in [0.05, 0.1) is 7.11 Å². The van der Waals surface area contributed by atoms with Gasteiger partial charge < -0.3 is 29.9 Å². The quantitative estimate of drug-likeness (QED) is 0.188. The molecule has 1 aromatic heterocycles. The first-order valence-corrected chi connectivity index (χ1v) is 12.7. The fourth-order valence-electron chi connectivity index (χ4n) is 4.78. The number of halogens is 3. The molecule has 2 aromatic rings. The van der Waals surface area contributed by atoms with E-state index in [-0.39, 0.29) is 48.7 Å². The van der Waals surface area contributed by atoms with E-state index < -0.39 is 0 Å². The Hall–Kier alpha value is -1.64. The van der Waals surface area contributed by atoms with Crippen molar-refractivity contribution in [1.29, 1.82) is 0 Å². The highest BCUT2D eigenvalue weighted by atomic mass is 35.5. The molecule has 0 fully saturated rings. The van der Waals surface area contributed by atoms with E-state index in [1.807, 2.05) is 18.2 Å². The lowest BCUT2D eigenvalue weighted by Gasteiger charge is -2.35. The van der Waals surface area contributed by atoms with Crippen LogP contribution in [0.3, 0.4) is 0 Å². The molecule has 0 aliphatic heterocycles. The number of pyridine rings is 1. The number of nitrogens with zero attached hydrogens (tertiary/aromatic N) is 2. The first-order chi connectivity index (χ1) is 16.6. The number of fused-ring (bicyclic) bond motifs is 1. The standard InChI is InChI=1S/C27H41N3O4.3ClH/c1-3-17-30(22-11-12-23-21(20-22)10-13-24(31)26(23)32)18-7-5-4-6-14-28-16-19-34-27-25(33-2)9-8-15-29-27;;;/h8-10,13,15,22,28,31-32H,3-7,11-12,14,16-20H2,1-2H3;3*1H/t22-;;;/m0.../s1. The highest BCUT2D eigenvalue weighted by Gasteiger charge is 2.26. The summed E-state index contributed by atoms with van der Waals surface area (Å²) in [7, 11) is 1.62. The average Bonchev–Trinajstić information content (AvgIpc) is 2.86. The number of ether oxygens (including phenoxy) is 2. The van der Waals surface area contributed by atoms with E-state index in [1.54, 1.807) is 19.4 Å². The van der Waals surface area contributed by atoms with Gasteiger partial charge in [0, 0.05) is 24.3 Å². The molecule has 3 N–H and O–H groups in total. The molecule has 1 heterocycles. The molecule has 10 heteroatoms. The van der Waals surface area contributed by atoms with Crippen LogP contribution in [0.1, 0.15) is 56.6 Å². The number of hydrogen-bond donors (Lipinski definition) is 3. The van der Waals surface area contributed by atoms with Crippen LogP contribution in [0.15, 0.2) is 30.5 Å². The number of benzene rings is 1. The molecular weight excluding hydrogens is 537 g/mol. The number of phenolic OH excluding ortho intramolecular Hbond substituents is 2. The second kappa shape index (κ2) is 19.4. The lowest BCUT2D eigenvalue weighted by atomic mass is 9.86. The summed E-state index contributed by atoms with van der Waals surface area (Å²) in [6, 6.07) is 7.80. The third-order valence-corrected chi connectivity index (χ3v) is 6.59. The van der Waals surface area contributed by atoms with Crippen LogP contribution in [0.5, 0.6) is 23.1 Å². The number of rotatable bonds is 15. The molecule has 0 saturated heterocycles. The van der Waals surface area contributed by atoms with E-state index in [2.05, 4.69) is 22.1 Å². The molecule has 1 atom stereocenters. The van der Waals surface area contributed by atoms with Gasteiger partial charge in [-0.1, -0.05) is 25.8 Å². The summed E-state index contributed by atoms with van der Waals surface area (Å²) >= 11 is 0. The fraction of sp³-hybridized carbons (Fsp3) is 0.593. The Morgan fingerprint density at radius 1 is 1.03 bits per heavy atom. The number of methoxy groups -OCH3 is 1. The summed E-state index contributed by atoms with van der Waals surface area (Å²) in [5.41, 5.74) is 2.12. The van der Waals surface area contributed by atoms with Crippen molar-refractivity contribution in [3.63, 3.8) is 0 Å². The second-order valence-corrected chi connectivity index (χ2v) is 9.03. The Labute approximate surface area is 240 Å². The van der Waals surface area contributed by atoms with Gasteiger partial charge in [-0.15, -0.1) is 37.2 Å². The Balaban J connectivity index is 0.00000432. The van der Waals surface area contributed by atoms with Crippen molar-refractivity contribution in [3.05, 3.63) is 41.6 Å². The molecule has 212 valence electrons. The van der Waals surface area contributed by atoms with E-state index in [0.29, 0.717) is 24.3 Å². The summed E-state index contributed by atoms with van der Waals surface area (Å²) in [6.07, 6.45) is 10.5. The number of hydrogen-bond acceptors (Lipinski definition) is 7. The zero-order valence-corrected chi connectivity index (χ0v) is 24.4. The Morgan fingerprint density at radius 3 is 2.57 bits per heavy atom. The predicted octanol–water partition coefficient (Wildman–Crippen LogP) is 5.57. The summed E-state index contributed by atoms with van der Waals surface area (Å²) in [5.74, 6) is 1.28. The number of aromatic hydroxyl groups is 2. The molecule has 0 radical (unpaired) electrons. The number of unbranched alkanes of at least 4 members (excludes halogenated alkanes) is 3. The highest BCUT2D eigenvalue weighted by molar-refractivity contribution is 5.86. The first kappa shape index (κ1) is 35.4. The highest BCUT2D eigenvalue weighted by Crippen LogP contribution is 2.36. The van der Waals surface area contributed by atoms with Crippen molar-refractivity contribution in [2.24, 2.45) is 0 Å². The van der Waals surface area contributed by atoms with Gasteiger partial charge in [0.2, 0.25) is 0 Å². The van der Waals surface area contributed by atoms with Crippen LogP contribution in [0.4, 0.5) is 0 Å². The molecule has 7 nitrogen and oxygen atoms in total. The van der Waals surface area contributed by atoms with Crippen molar-refractivity contribution in [3.8, 4) is 23.1 Å². The third-order valence-electron chi connectivity index (χ3n) is 6.59. The van der Waals surface area contributed by atoms with E-state index in [4.69, 9.17) is 9.47 Å². The molecule has 1 aliphatic carbocycles. The Morgan fingerprint density at radius 2 is 1.81 bits per heavy atom. The first-order valence-electron chi connectivity index (χ1n) is 12.7. The lowest BCUT2D eigenvalue weighted by molar-refractivity contribution is 0.175. The van der Waals surface area contributed by atoms with Crippen LogP contribution in [0.25, 0.3) is 0 Å². The van der Waals surface area contributed by atoms with Gasteiger partial charge in [0.25, 0.3) is 5.88 Å². The van der Waals surface area contributed by atoms with Crippen LogP contribution in [-0.4, -0.2) is 66.0 Å². The van der Waals surface area contributed by atoms with Crippen molar-refractivity contribution in [2.75, 3.05) is 39.9 Å². The van der Waals surface area contributed by atoms with Crippen molar-refractivity contribution >= 4 is 37.2 Å². The van der Waals surface area contributed by atoms with E-state index in [0.717, 1.165) is 57.4 Å². The monoisotopic (exact) mass is 579 g/mol. The average molecular weight is 581 g/mol. The number of phenols is 2. The minimum absolute atomic E-state index is 0. The van der Waals surface area contributed by atoms with Gasteiger partial charge in [-0.25, -0.2) is 4.98 Å².